The second-order valence-electron chi connectivity index (χ2n) is 7.36. The summed E-state index contributed by atoms with van der Waals surface area (Å²) in [4.78, 5) is 29.6. The summed E-state index contributed by atoms with van der Waals surface area (Å²) in [6, 6.07) is 8.11. The largest absolute Gasteiger partial charge is 0.382 e. The van der Waals surface area contributed by atoms with Crippen LogP contribution in [-0.2, 0) is 11.8 Å². The number of fused-ring (bicyclic) bond motifs is 1. The maximum absolute atomic E-state index is 12.5. The molecule has 3 aromatic rings. The predicted molar refractivity (Wildman–Crippen MR) is 114 cm³/mol. The van der Waals surface area contributed by atoms with E-state index < -0.39 is 0 Å². The molecule has 1 amide bonds. The first-order chi connectivity index (χ1) is 13.6. The standard InChI is InChI=1S/C21H24N4O2S/c1-22-21(27)13-3-6-15(7-4-13)24-17-10-20(26)25(2)18-8-5-14(9-16(17)18)19-11-23-12-28-19/h5,8-13,15,24H,3-4,6-7H2,1-2H3,(H,22,27). The number of anilines is 1. The van der Waals surface area contributed by atoms with Crippen molar-refractivity contribution in [2.45, 2.75) is 31.7 Å². The number of pyridine rings is 1. The Hall–Kier alpha value is -2.67. The van der Waals surface area contributed by atoms with E-state index in [1.54, 1.807) is 36.1 Å². The molecule has 1 aliphatic rings. The molecule has 2 aromatic heterocycles. The van der Waals surface area contributed by atoms with Crippen LogP contribution >= 0.6 is 11.3 Å². The van der Waals surface area contributed by atoms with Gasteiger partial charge >= 0.3 is 0 Å². The number of amides is 1. The lowest BCUT2D eigenvalue weighted by atomic mass is 9.85. The molecule has 7 heteroatoms. The van der Waals surface area contributed by atoms with Crippen molar-refractivity contribution < 1.29 is 4.79 Å². The molecule has 0 unspecified atom stereocenters. The number of carbonyl (C=O) groups is 1. The van der Waals surface area contributed by atoms with E-state index in [0.29, 0.717) is 0 Å². The second-order valence-corrected chi connectivity index (χ2v) is 8.25. The number of benzene rings is 1. The summed E-state index contributed by atoms with van der Waals surface area (Å²) in [6.07, 6.45) is 5.44. The van der Waals surface area contributed by atoms with Gasteiger partial charge in [0, 0.05) is 49.4 Å². The zero-order valence-electron chi connectivity index (χ0n) is 16.1. The van der Waals surface area contributed by atoms with Gasteiger partial charge in [-0.15, -0.1) is 11.3 Å². The third kappa shape index (κ3) is 3.54. The Bertz CT molecular complexity index is 1050. The molecule has 28 heavy (non-hydrogen) atoms. The third-order valence-corrected chi connectivity index (χ3v) is 6.49. The van der Waals surface area contributed by atoms with Crippen molar-refractivity contribution in [1.29, 1.82) is 0 Å². The fourth-order valence-electron chi connectivity index (χ4n) is 4.02. The highest BCUT2D eigenvalue weighted by molar-refractivity contribution is 7.13. The van der Waals surface area contributed by atoms with Gasteiger partial charge in [0.05, 0.1) is 15.9 Å². The number of nitrogens with one attached hydrogen (secondary N) is 2. The van der Waals surface area contributed by atoms with Crippen molar-refractivity contribution in [2.24, 2.45) is 13.0 Å². The lowest BCUT2D eigenvalue weighted by Crippen LogP contribution is -2.34. The Morgan fingerprint density at radius 2 is 2.00 bits per heavy atom. The lowest BCUT2D eigenvalue weighted by Gasteiger charge is -2.29. The molecule has 6 nitrogen and oxygen atoms in total. The van der Waals surface area contributed by atoms with Crippen molar-refractivity contribution in [2.75, 3.05) is 12.4 Å². The van der Waals surface area contributed by atoms with E-state index >= 15 is 0 Å². The van der Waals surface area contributed by atoms with Crippen LogP contribution in [0, 0.1) is 5.92 Å². The maximum Gasteiger partial charge on any atom is 0.252 e. The lowest BCUT2D eigenvalue weighted by molar-refractivity contribution is -0.125. The molecule has 1 aliphatic carbocycles. The van der Waals surface area contributed by atoms with Crippen LogP contribution in [0.15, 0.2) is 40.8 Å². The number of nitrogens with zero attached hydrogens (tertiary/aromatic N) is 2. The topological polar surface area (TPSA) is 76.0 Å². The van der Waals surface area contributed by atoms with Crippen LogP contribution in [-0.4, -0.2) is 28.5 Å². The Kier molecular flexibility index (Phi) is 5.17. The minimum absolute atomic E-state index is 0.0282. The number of hydrogen-bond acceptors (Lipinski definition) is 5. The minimum atomic E-state index is -0.0282. The van der Waals surface area contributed by atoms with Gasteiger partial charge in [-0.25, -0.2) is 0 Å². The quantitative estimate of drug-likeness (QED) is 0.709. The molecule has 0 aliphatic heterocycles. The predicted octanol–water partition coefficient (Wildman–Crippen LogP) is 3.38. The van der Waals surface area contributed by atoms with E-state index in [4.69, 9.17) is 0 Å². The normalized spacial score (nSPS) is 19.5. The first-order valence-electron chi connectivity index (χ1n) is 9.57. The second kappa shape index (κ2) is 7.75. The minimum Gasteiger partial charge on any atom is -0.382 e. The number of rotatable bonds is 4. The highest BCUT2D eigenvalue weighted by atomic mass is 32.1. The fraction of sp³-hybridized carbons (Fsp3) is 0.381. The molecule has 0 radical (unpaired) electrons. The average Bonchev–Trinajstić information content (AvgIpc) is 3.26. The summed E-state index contributed by atoms with van der Waals surface area (Å²) in [5.41, 5.74) is 4.67. The van der Waals surface area contributed by atoms with E-state index in [-0.39, 0.29) is 23.4 Å². The summed E-state index contributed by atoms with van der Waals surface area (Å²) in [5, 5.41) is 7.36. The van der Waals surface area contributed by atoms with Gasteiger partial charge in [-0.1, -0.05) is 6.07 Å². The van der Waals surface area contributed by atoms with Gasteiger partial charge in [-0.3, -0.25) is 14.6 Å². The highest BCUT2D eigenvalue weighted by Crippen LogP contribution is 2.32. The van der Waals surface area contributed by atoms with Gasteiger partial charge in [0.25, 0.3) is 5.56 Å². The van der Waals surface area contributed by atoms with Crippen LogP contribution < -0.4 is 16.2 Å². The van der Waals surface area contributed by atoms with Gasteiger partial charge < -0.3 is 15.2 Å². The molecular weight excluding hydrogens is 372 g/mol. The van der Waals surface area contributed by atoms with Crippen molar-refractivity contribution in [3.63, 3.8) is 0 Å². The smallest absolute Gasteiger partial charge is 0.252 e. The summed E-state index contributed by atoms with van der Waals surface area (Å²) in [5.74, 6) is 0.230. The van der Waals surface area contributed by atoms with Crippen LogP contribution in [0.1, 0.15) is 25.7 Å². The molecule has 0 spiro atoms. The maximum atomic E-state index is 12.5. The Morgan fingerprint density at radius 1 is 1.21 bits per heavy atom. The zero-order chi connectivity index (χ0) is 19.7. The van der Waals surface area contributed by atoms with Gasteiger partial charge in [0.15, 0.2) is 0 Å². The molecule has 0 atom stereocenters. The third-order valence-electron chi connectivity index (χ3n) is 5.67. The molecule has 2 heterocycles. The molecule has 1 fully saturated rings. The molecule has 0 bridgehead atoms. The van der Waals surface area contributed by atoms with E-state index in [0.717, 1.165) is 52.7 Å². The van der Waals surface area contributed by atoms with E-state index in [1.807, 2.05) is 23.8 Å². The van der Waals surface area contributed by atoms with Crippen molar-refractivity contribution in [3.8, 4) is 10.4 Å². The fourth-order valence-corrected chi connectivity index (χ4v) is 4.64. The van der Waals surface area contributed by atoms with Crippen LogP contribution in [0.4, 0.5) is 5.69 Å². The van der Waals surface area contributed by atoms with Gasteiger partial charge in [0.1, 0.15) is 0 Å². The first kappa shape index (κ1) is 18.7. The highest BCUT2D eigenvalue weighted by Gasteiger charge is 2.26. The number of carbonyl (C=O) groups excluding carboxylic acids is 1. The number of aromatic nitrogens is 2. The van der Waals surface area contributed by atoms with E-state index in [1.165, 1.54) is 0 Å². The van der Waals surface area contributed by atoms with Crippen LogP contribution in [0.5, 0.6) is 0 Å². The molecule has 146 valence electrons. The van der Waals surface area contributed by atoms with Crippen LogP contribution in [0.3, 0.4) is 0 Å². The zero-order valence-corrected chi connectivity index (χ0v) is 16.9. The Morgan fingerprint density at radius 3 is 2.68 bits per heavy atom. The van der Waals surface area contributed by atoms with Crippen molar-refractivity contribution in [3.05, 3.63) is 46.3 Å². The summed E-state index contributed by atoms with van der Waals surface area (Å²) < 4.78 is 1.68. The SMILES string of the molecule is CNC(=O)C1CCC(Nc2cc(=O)n(C)c3ccc(-c4cncs4)cc23)CC1. The Balaban J connectivity index is 1.65. The average molecular weight is 397 g/mol. The summed E-state index contributed by atoms with van der Waals surface area (Å²) in [7, 11) is 3.49. The van der Waals surface area contributed by atoms with Gasteiger partial charge in [-0.2, -0.15) is 0 Å². The molecule has 1 saturated carbocycles. The van der Waals surface area contributed by atoms with Gasteiger partial charge in [0.2, 0.25) is 5.91 Å². The summed E-state index contributed by atoms with van der Waals surface area (Å²) in [6.45, 7) is 0. The molecule has 0 saturated heterocycles. The number of aryl methyl sites for hydroxylation is 1. The summed E-state index contributed by atoms with van der Waals surface area (Å²) >= 11 is 1.60. The first-order valence-corrected chi connectivity index (χ1v) is 10.5. The number of hydrogen-bond donors (Lipinski definition) is 2. The van der Waals surface area contributed by atoms with Crippen molar-refractivity contribution >= 4 is 33.8 Å². The van der Waals surface area contributed by atoms with Crippen LogP contribution in [0.25, 0.3) is 21.3 Å². The Labute approximate surface area is 167 Å². The van der Waals surface area contributed by atoms with Crippen molar-refractivity contribution in [1.82, 2.24) is 14.9 Å². The molecule has 2 N–H and O–H groups in total. The van der Waals surface area contributed by atoms with Gasteiger partial charge in [-0.05, 0) is 43.4 Å². The van der Waals surface area contributed by atoms with Crippen LogP contribution in [0.2, 0.25) is 0 Å². The molecule has 4 rings (SSSR count). The van der Waals surface area contributed by atoms with E-state index in [9.17, 15) is 9.59 Å². The molecule has 1 aromatic carbocycles. The monoisotopic (exact) mass is 396 g/mol. The number of thiazole rings is 1. The molecular formula is C21H24N4O2S. The van der Waals surface area contributed by atoms with E-state index in [2.05, 4.69) is 21.7 Å².